The predicted octanol–water partition coefficient (Wildman–Crippen LogP) is 4.48. The Morgan fingerprint density at radius 3 is 2.33 bits per heavy atom. The Morgan fingerprint density at radius 1 is 1.17 bits per heavy atom. The first-order valence-corrected chi connectivity index (χ1v) is 5.12. The molecular weight excluding hydrogens is 144 g/mol. The van der Waals surface area contributed by atoms with E-state index in [1.807, 2.05) is 6.08 Å². The van der Waals surface area contributed by atoms with E-state index in [4.69, 9.17) is 0 Å². The minimum Gasteiger partial charge on any atom is -0.0988 e. The molecule has 0 bridgehead atoms. The largest absolute Gasteiger partial charge is 0.0988 e. The maximum Gasteiger partial charge on any atom is -0.0282 e. The van der Waals surface area contributed by atoms with Crippen molar-refractivity contribution < 1.29 is 0 Å². The van der Waals surface area contributed by atoms with Crippen molar-refractivity contribution in [2.45, 2.75) is 52.4 Å². The molecule has 0 unspecified atom stereocenters. The van der Waals surface area contributed by atoms with Crippen molar-refractivity contribution in [3.8, 4) is 0 Å². The maximum atomic E-state index is 3.78. The summed E-state index contributed by atoms with van der Waals surface area (Å²) < 4.78 is 0. The lowest BCUT2D eigenvalue weighted by molar-refractivity contribution is 0.633. The van der Waals surface area contributed by atoms with Crippen LogP contribution >= 0.6 is 0 Å². The first-order chi connectivity index (χ1) is 5.85. The van der Waals surface area contributed by atoms with E-state index < -0.39 is 0 Å². The van der Waals surface area contributed by atoms with Crippen LogP contribution in [0, 0.1) is 0 Å². The van der Waals surface area contributed by atoms with Gasteiger partial charge in [0, 0.05) is 0 Å². The van der Waals surface area contributed by atoms with Gasteiger partial charge in [-0.2, -0.15) is 0 Å². The van der Waals surface area contributed by atoms with Gasteiger partial charge in [-0.05, 0) is 19.8 Å². The molecule has 0 aliphatic carbocycles. The zero-order valence-electron chi connectivity index (χ0n) is 8.60. The van der Waals surface area contributed by atoms with E-state index in [-0.39, 0.29) is 0 Å². The van der Waals surface area contributed by atoms with Crippen LogP contribution in [0.3, 0.4) is 0 Å². The van der Waals surface area contributed by atoms with Crippen molar-refractivity contribution in [1.29, 1.82) is 0 Å². The third-order valence-corrected chi connectivity index (χ3v) is 2.20. The monoisotopic (exact) mass is 166 g/mol. The number of allylic oxidation sites excluding steroid dienone is 3. The van der Waals surface area contributed by atoms with Crippen LogP contribution in [0.4, 0.5) is 0 Å². The van der Waals surface area contributed by atoms with Gasteiger partial charge in [0.25, 0.3) is 0 Å². The minimum atomic E-state index is 1.21. The second kappa shape index (κ2) is 8.58. The van der Waals surface area contributed by atoms with Gasteiger partial charge < -0.3 is 0 Å². The van der Waals surface area contributed by atoms with Gasteiger partial charge in [0.2, 0.25) is 0 Å². The van der Waals surface area contributed by atoms with Gasteiger partial charge in [0.1, 0.15) is 0 Å². The van der Waals surface area contributed by atoms with E-state index in [2.05, 4.69) is 26.5 Å². The van der Waals surface area contributed by atoms with Crippen LogP contribution in [0.5, 0.6) is 0 Å². The highest BCUT2D eigenvalue weighted by molar-refractivity contribution is 5.14. The number of hydrogen-bond acceptors (Lipinski definition) is 0. The molecule has 0 aliphatic heterocycles. The molecule has 0 rings (SSSR count). The highest BCUT2D eigenvalue weighted by Gasteiger charge is 1.91. The summed E-state index contributed by atoms with van der Waals surface area (Å²) in [5, 5.41) is 0. The van der Waals surface area contributed by atoms with Crippen LogP contribution in [0.2, 0.25) is 0 Å². The molecule has 0 radical (unpaired) electrons. The Bertz CT molecular complexity index is 131. The van der Waals surface area contributed by atoms with Crippen LogP contribution in [0.25, 0.3) is 0 Å². The average Bonchev–Trinajstić information content (AvgIpc) is 2.11. The molecule has 70 valence electrons. The summed E-state index contributed by atoms with van der Waals surface area (Å²) >= 11 is 0. The second-order valence-corrected chi connectivity index (χ2v) is 3.23. The summed E-state index contributed by atoms with van der Waals surface area (Å²) in [6, 6.07) is 0. The Balaban J connectivity index is 3.24. The fourth-order valence-corrected chi connectivity index (χ4v) is 1.30. The summed E-state index contributed by atoms with van der Waals surface area (Å²) in [6.07, 6.45) is 12.2. The molecule has 0 aromatic heterocycles. The Labute approximate surface area is 77.4 Å². The number of unbranched alkanes of at least 4 members (excludes halogenated alkanes) is 4. The van der Waals surface area contributed by atoms with Crippen molar-refractivity contribution in [1.82, 2.24) is 0 Å². The predicted molar refractivity (Wildman–Crippen MR) is 57.3 cm³/mol. The third kappa shape index (κ3) is 6.21. The van der Waals surface area contributed by atoms with Gasteiger partial charge in [-0.25, -0.2) is 0 Å². The molecule has 0 saturated carbocycles. The third-order valence-electron chi connectivity index (χ3n) is 2.20. The van der Waals surface area contributed by atoms with E-state index in [1.54, 1.807) is 0 Å². The molecule has 0 heterocycles. The van der Waals surface area contributed by atoms with Crippen molar-refractivity contribution in [3.63, 3.8) is 0 Å². The van der Waals surface area contributed by atoms with Crippen molar-refractivity contribution in [2.24, 2.45) is 0 Å². The highest BCUT2D eigenvalue weighted by Crippen LogP contribution is 2.11. The molecule has 0 spiro atoms. The summed E-state index contributed by atoms with van der Waals surface area (Å²) in [6.45, 7) is 8.12. The zero-order valence-corrected chi connectivity index (χ0v) is 8.60. The zero-order chi connectivity index (χ0) is 9.23. The second-order valence-electron chi connectivity index (χ2n) is 3.23. The molecule has 0 heteroatoms. The molecule has 0 amide bonds. The SMILES string of the molecule is C=CC(=CC)CCCCCCC. The summed E-state index contributed by atoms with van der Waals surface area (Å²) in [7, 11) is 0. The van der Waals surface area contributed by atoms with Crippen LogP contribution in [0.15, 0.2) is 24.3 Å². The topological polar surface area (TPSA) is 0 Å². The standard InChI is InChI=1S/C12H22/c1-4-7-8-9-10-11-12(5-2)6-3/h5-6H,2,4,7-11H2,1,3H3. The lowest BCUT2D eigenvalue weighted by atomic mass is 10.1. The number of hydrogen-bond donors (Lipinski definition) is 0. The first-order valence-electron chi connectivity index (χ1n) is 5.12. The van der Waals surface area contributed by atoms with Gasteiger partial charge in [0.15, 0.2) is 0 Å². The average molecular weight is 166 g/mol. The number of rotatable bonds is 7. The minimum absolute atomic E-state index is 1.21. The van der Waals surface area contributed by atoms with E-state index >= 15 is 0 Å². The van der Waals surface area contributed by atoms with E-state index in [0.29, 0.717) is 0 Å². The maximum absolute atomic E-state index is 3.78. The van der Waals surface area contributed by atoms with Gasteiger partial charge >= 0.3 is 0 Å². The smallest absolute Gasteiger partial charge is 0.0282 e. The molecule has 0 atom stereocenters. The van der Waals surface area contributed by atoms with Gasteiger partial charge in [-0.15, -0.1) is 0 Å². The molecule has 12 heavy (non-hydrogen) atoms. The highest BCUT2D eigenvalue weighted by atomic mass is 14.0. The molecule has 0 N–H and O–H groups in total. The Hall–Kier alpha value is -0.520. The van der Waals surface area contributed by atoms with Crippen LogP contribution < -0.4 is 0 Å². The van der Waals surface area contributed by atoms with E-state index in [0.717, 1.165) is 0 Å². The lowest BCUT2D eigenvalue weighted by Crippen LogP contribution is -1.80. The normalized spacial score (nSPS) is 11.7. The first kappa shape index (κ1) is 11.5. The molecule has 0 aromatic carbocycles. The molecule has 0 saturated heterocycles. The van der Waals surface area contributed by atoms with E-state index in [9.17, 15) is 0 Å². The fourth-order valence-electron chi connectivity index (χ4n) is 1.30. The summed E-state index contributed by atoms with van der Waals surface area (Å²) in [5.74, 6) is 0. The Morgan fingerprint density at radius 2 is 1.83 bits per heavy atom. The summed E-state index contributed by atoms with van der Waals surface area (Å²) in [5.41, 5.74) is 1.39. The van der Waals surface area contributed by atoms with Crippen LogP contribution in [-0.4, -0.2) is 0 Å². The van der Waals surface area contributed by atoms with Crippen molar-refractivity contribution in [3.05, 3.63) is 24.3 Å². The molecule has 0 nitrogen and oxygen atoms in total. The van der Waals surface area contributed by atoms with Gasteiger partial charge in [-0.1, -0.05) is 56.9 Å². The Kier molecular flexibility index (Phi) is 8.20. The van der Waals surface area contributed by atoms with Gasteiger partial charge in [-0.3, -0.25) is 0 Å². The molecule has 0 fully saturated rings. The molecular formula is C12H22. The molecule has 0 aliphatic rings. The van der Waals surface area contributed by atoms with Crippen molar-refractivity contribution >= 4 is 0 Å². The fraction of sp³-hybridized carbons (Fsp3) is 0.667. The quantitative estimate of drug-likeness (QED) is 0.386. The van der Waals surface area contributed by atoms with Crippen molar-refractivity contribution in [2.75, 3.05) is 0 Å². The van der Waals surface area contributed by atoms with Crippen LogP contribution in [-0.2, 0) is 0 Å². The van der Waals surface area contributed by atoms with Gasteiger partial charge in [0.05, 0.1) is 0 Å². The van der Waals surface area contributed by atoms with E-state index in [1.165, 1.54) is 44.1 Å². The molecule has 0 aromatic rings. The van der Waals surface area contributed by atoms with Crippen LogP contribution in [0.1, 0.15) is 52.4 Å². The lowest BCUT2D eigenvalue weighted by Gasteiger charge is -2.00. The summed E-state index contributed by atoms with van der Waals surface area (Å²) in [4.78, 5) is 0.